The molecule has 1 saturated carbocycles. The molecule has 1 aromatic carbocycles. The topological polar surface area (TPSA) is 88.8 Å². The summed E-state index contributed by atoms with van der Waals surface area (Å²) in [5, 5.41) is 17.6. The van der Waals surface area contributed by atoms with Gasteiger partial charge in [-0.1, -0.05) is 25.0 Å². The zero-order valence-corrected chi connectivity index (χ0v) is 14.9. The lowest BCUT2D eigenvalue weighted by Crippen LogP contribution is -2.43. The number of nitro groups is 1. The molecule has 0 amide bonds. The summed E-state index contributed by atoms with van der Waals surface area (Å²) in [6.07, 6.45) is 5.81. The van der Waals surface area contributed by atoms with Crippen LogP contribution in [0.25, 0.3) is 0 Å². The molecule has 0 bridgehead atoms. The van der Waals surface area contributed by atoms with Crippen molar-refractivity contribution >= 4 is 11.6 Å². The van der Waals surface area contributed by atoms with Crippen LogP contribution in [0.4, 0.5) is 5.69 Å². The Morgan fingerprint density at radius 3 is 2.68 bits per heavy atom. The van der Waals surface area contributed by atoms with Crippen molar-refractivity contribution in [1.82, 2.24) is 10.6 Å². The van der Waals surface area contributed by atoms with Crippen molar-refractivity contribution in [2.75, 3.05) is 19.8 Å². The standard InChI is InChI=1S/C18H28N4O3/c1-2-25-13-5-12-19-18(21-16-6-3-4-7-16)20-14-15-8-10-17(11-9-15)22(23)24/h8-11,16H,2-7,12-14H2,1H3,(H2,19,20,21). The molecule has 1 aliphatic carbocycles. The summed E-state index contributed by atoms with van der Waals surface area (Å²) in [5.74, 6) is 0.807. The van der Waals surface area contributed by atoms with E-state index >= 15 is 0 Å². The number of non-ortho nitro benzene ring substituents is 1. The number of hydrogen-bond acceptors (Lipinski definition) is 4. The molecule has 0 heterocycles. The molecule has 0 aromatic heterocycles. The number of nitrogens with one attached hydrogen (secondary N) is 2. The molecule has 0 spiro atoms. The van der Waals surface area contributed by atoms with Gasteiger partial charge in [-0.05, 0) is 31.7 Å². The number of benzene rings is 1. The van der Waals surface area contributed by atoms with Crippen molar-refractivity contribution in [2.45, 2.75) is 51.6 Å². The Kier molecular flexibility index (Phi) is 8.18. The lowest BCUT2D eigenvalue weighted by atomic mass is 10.2. The summed E-state index contributed by atoms with van der Waals surface area (Å²) in [6.45, 7) is 4.76. The molecule has 7 heteroatoms. The Morgan fingerprint density at radius 1 is 1.32 bits per heavy atom. The van der Waals surface area contributed by atoms with E-state index in [1.807, 2.05) is 6.92 Å². The summed E-state index contributed by atoms with van der Waals surface area (Å²) in [7, 11) is 0. The molecule has 0 aliphatic heterocycles. The molecule has 2 rings (SSSR count). The minimum Gasteiger partial charge on any atom is -0.382 e. The van der Waals surface area contributed by atoms with Gasteiger partial charge in [0, 0.05) is 37.9 Å². The van der Waals surface area contributed by atoms with E-state index in [1.54, 1.807) is 12.1 Å². The third-order valence-corrected chi connectivity index (χ3v) is 4.22. The Balaban J connectivity index is 1.89. The summed E-state index contributed by atoms with van der Waals surface area (Å²) in [6, 6.07) is 7.03. The summed E-state index contributed by atoms with van der Waals surface area (Å²) in [4.78, 5) is 15.0. The van der Waals surface area contributed by atoms with Crippen LogP contribution in [0.5, 0.6) is 0 Å². The van der Waals surface area contributed by atoms with Crippen molar-refractivity contribution in [3.8, 4) is 0 Å². The van der Waals surface area contributed by atoms with Gasteiger partial charge in [0.25, 0.3) is 5.69 Å². The highest BCUT2D eigenvalue weighted by atomic mass is 16.6. The zero-order chi connectivity index (χ0) is 17.9. The highest BCUT2D eigenvalue weighted by molar-refractivity contribution is 5.80. The van der Waals surface area contributed by atoms with Gasteiger partial charge in [0.15, 0.2) is 5.96 Å². The van der Waals surface area contributed by atoms with Crippen LogP contribution in [-0.2, 0) is 11.3 Å². The van der Waals surface area contributed by atoms with Gasteiger partial charge in [0.2, 0.25) is 0 Å². The Labute approximate surface area is 149 Å². The average molecular weight is 348 g/mol. The zero-order valence-electron chi connectivity index (χ0n) is 14.9. The maximum Gasteiger partial charge on any atom is 0.269 e. The smallest absolute Gasteiger partial charge is 0.269 e. The third-order valence-electron chi connectivity index (χ3n) is 4.22. The maximum absolute atomic E-state index is 10.7. The molecule has 0 radical (unpaired) electrons. The number of nitro benzene ring substituents is 1. The maximum atomic E-state index is 10.7. The van der Waals surface area contributed by atoms with Gasteiger partial charge >= 0.3 is 0 Å². The second-order valence-electron chi connectivity index (χ2n) is 6.19. The molecule has 1 aromatic rings. The van der Waals surface area contributed by atoms with Crippen LogP contribution in [0.1, 0.15) is 44.6 Å². The van der Waals surface area contributed by atoms with Crippen LogP contribution in [0, 0.1) is 10.1 Å². The van der Waals surface area contributed by atoms with Crippen LogP contribution in [0.15, 0.2) is 29.3 Å². The first-order chi connectivity index (χ1) is 12.2. The van der Waals surface area contributed by atoms with Gasteiger partial charge in [-0.25, -0.2) is 4.99 Å². The largest absolute Gasteiger partial charge is 0.382 e. The second-order valence-corrected chi connectivity index (χ2v) is 6.19. The highest BCUT2D eigenvalue weighted by Gasteiger charge is 2.16. The fraction of sp³-hybridized carbons (Fsp3) is 0.611. The molecular formula is C18H28N4O3. The first-order valence-corrected chi connectivity index (χ1v) is 9.05. The van der Waals surface area contributed by atoms with E-state index in [0.29, 0.717) is 12.6 Å². The highest BCUT2D eigenvalue weighted by Crippen LogP contribution is 2.17. The Morgan fingerprint density at radius 2 is 2.04 bits per heavy atom. The van der Waals surface area contributed by atoms with E-state index in [1.165, 1.54) is 37.8 Å². The van der Waals surface area contributed by atoms with Crippen molar-refractivity contribution < 1.29 is 9.66 Å². The quantitative estimate of drug-likeness (QED) is 0.235. The fourth-order valence-corrected chi connectivity index (χ4v) is 2.83. The molecule has 1 aliphatic rings. The number of ether oxygens (including phenoxy) is 1. The van der Waals surface area contributed by atoms with E-state index in [2.05, 4.69) is 15.6 Å². The number of hydrogen-bond donors (Lipinski definition) is 2. The molecule has 2 N–H and O–H groups in total. The van der Waals surface area contributed by atoms with Gasteiger partial charge in [0.1, 0.15) is 0 Å². The molecule has 1 fully saturated rings. The van der Waals surface area contributed by atoms with Crippen molar-refractivity contribution in [1.29, 1.82) is 0 Å². The SMILES string of the molecule is CCOCCCNC(=NCc1ccc([N+](=O)[O-])cc1)NC1CCCC1. The molecule has 25 heavy (non-hydrogen) atoms. The van der Waals surface area contributed by atoms with E-state index in [4.69, 9.17) is 4.74 Å². The van der Waals surface area contributed by atoms with Gasteiger partial charge < -0.3 is 15.4 Å². The fourth-order valence-electron chi connectivity index (χ4n) is 2.83. The van der Waals surface area contributed by atoms with Gasteiger partial charge in [-0.15, -0.1) is 0 Å². The van der Waals surface area contributed by atoms with Crippen LogP contribution in [0.3, 0.4) is 0 Å². The average Bonchev–Trinajstić information content (AvgIpc) is 3.12. The van der Waals surface area contributed by atoms with Crippen LogP contribution in [-0.4, -0.2) is 36.7 Å². The Bertz CT molecular complexity index is 554. The predicted octanol–water partition coefficient (Wildman–Crippen LogP) is 3.00. The first kappa shape index (κ1) is 19.2. The summed E-state index contributed by atoms with van der Waals surface area (Å²) in [5.41, 5.74) is 1.05. The summed E-state index contributed by atoms with van der Waals surface area (Å²) >= 11 is 0. The van der Waals surface area contributed by atoms with Crippen LogP contribution in [0.2, 0.25) is 0 Å². The van der Waals surface area contributed by atoms with Gasteiger partial charge in [-0.2, -0.15) is 0 Å². The molecule has 0 unspecified atom stereocenters. The minimum absolute atomic E-state index is 0.103. The molecule has 7 nitrogen and oxygen atoms in total. The lowest BCUT2D eigenvalue weighted by molar-refractivity contribution is -0.384. The van der Waals surface area contributed by atoms with Crippen molar-refractivity contribution in [3.63, 3.8) is 0 Å². The van der Waals surface area contributed by atoms with E-state index in [0.717, 1.165) is 37.7 Å². The normalized spacial score (nSPS) is 15.3. The minimum atomic E-state index is -0.389. The van der Waals surface area contributed by atoms with E-state index in [-0.39, 0.29) is 10.6 Å². The predicted molar refractivity (Wildman–Crippen MR) is 98.7 cm³/mol. The van der Waals surface area contributed by atoms with Crippen LogP contribution < -0.4 is 10.6 Å². The second kappa shape index (κ2) is 10.7. The lowest BCUT2D eigenvalue weighted by Gasteiger charge is -2.17. The molecule has 0 atom stereocenters. The van der Waals surface area contributed by atoms with Crippen LogP contribution >= 0.6 is 0 Å². The van der Waals surface area contributed by atoms with Gasteiger partial charge in [-0.3, -0.25) is 10.1 Å². The number of rotatable bonds is 9. The third kappa shape index (κ3) is 7.09. The molecule has 138 valence electrons. The van der Waals surface area contributed by atoms with E-state index < -0.39 is 0 Å². The number of guanidine groups is 1. The van der Waals surface area contributed by atoms with Crippen molar-refractivity contribution in [2.24, 2.45) is 4.99 Å². The molecule has 0 saturated heterocycles. The monoisotopic (exact) mass is 348 g/mol. The number of aliphatic imine (C=N–C) groups is 1. The molecular weight excluding hydrogens is 320 g/mol. The van der Waals surface area contributed by atoms with Gasteiger partial charge in [0.05, 0.1) is 11.5 Å². The van der Waals surface area contributed by atoms with E-state index in [9.17, 15) is 10.1 Å². The Hall–Kier alpha value is -2.15. The summed E-state index contributed by atoms with van der Waals surface area (Å²) < 4.78 is 5.35. The van der Waals surface area contributed by atoms with Crippen molar-refractivity contribution in [3.05, 3.63) is 39.9 Å². The number of nitrogens with zero attached hydrogens (tertiary/aromatic N) is 2. The first-order valence-electron chi connectivity index (χ1n) is 9.05.